The van der Waals surface area contributed by atoms with Gasteiger partial charge in [-0.05, 0) is 18.2 Å². The Balaban J connectivity index is 1.66. The van der Waals surface area contributed by atoms with Gasteiger partial charge in [0.2, 0.25) is 5.91 Å². The molecular weight excluding hydrogens is 401 g/mol. The first-order valence-corrected chi connectivity index (χ1v) is 10.3. The van der Waals surface area contributed by atoms with Crippen molar-refractivity contribution in [2.75, 3.05) is 39.2 Å². The van der Waals surface area contributed by atoms with Crippen LogP contribution in [0.1, 0.15) is 5.56 Å². The Morgan fingerprint density at radius 1 is 1.10 bits per heavy atom. The van der Waals surface area contributed by atoms with Gasteiger partial charge in [-0.3, -0.25) is 4.79 Å². The summed E-state index contributed by atoms with van der Waals surface area (Å²) >= 11 is 0. The van der Waals surface area contributed by atoms with E-state index >= 15 is 0 Å². The lowest BCUT2D eigenvalue weighted by Crippen LogP contribution is -2.38. The molecule has 10 heteroatoms. The molecule has 0 aromatic heterocycles. The van der Waals surface area contributed by atoms with Crippen LogP contribution < -0.4 is 14.8 Å². The fraction of sp³-hybridized carbons (Fsp3) is 0.316. The molecule has 2 aromatic carbocycles. The number of methoxy groups -OCH3 is 2. The van der Waals surface area contributed by atoms with Gasteiger partial charge < -0.3 is 14.8 Å². The van der Waals surface area contributed by atoms with Crippen molar-refractivity contribution >= 4 is 21.8 Å². The van der Waals surface area contributed by atoms with Gasteiger partial charge in [0.25, 0.3) is 10.2 Å². The summed E-state index contributed by atoms with van der Waals surface area (Å²) in [5.41, 5.74) is 0.684. The van der Waals surface area contributed by atoms with Crippen LogP contribution in [0.25, 0.3) is 0 Å². The van der Waals surface area contributed by atoms with E-state index in [4.69, 9.17) is 9.47 Å². The first-order chi connectivity index (χ1) is 13.8. The van der Waals surface area contributed by atoms with Crippen LogP contribution in [0.4, 0.5) is 10.1 Å². The molecule has 3 rings (SSSR count). The fourth-order valence-corrected chi connectivity index (χ4v) is 4.54. The Morgan fingerprint density at radius 2 is 1.83 bits per heavy atom. The summed E-state index contributed by atoms with van der Waals surface area (Å²) in [5, 5.41) is 2.65. The molecule has 1 heterocycles. The molecule has 156 valence electrons. The zero-order valence-corrected chi connectivity index (χ0v) is 16.9. The molecule has 0 spiro atoms. The molecule has 2 aromatic rings. The zero-order valence-electron chi connectivity index (χ0n) is 16.1. The van der Waals surface area contributed by atoms with Crippen LogP contribution in [0.15, 0.2) is 42.5 Å². The second-order valence-corrected chi connectivity index (χ2v) is 8.31. The molecule has 1 aliphatic rings. The molecule has 0 unspecified atom stereocenters. The maximum atomic E-state index is 13.8. The third-order valence-electron chi connectivity index (χ3n) is 4.56. The minimum Gasteiger partial charge on any atom is -0.497 e. The van der Waals surface area contributed by atoms with E-state index in [9.17, 15) is 17.6 Å². The van der Waals surface area contributed by atoms with E-state index in [1.54, 1.807) is 30.3 Å². The molecule has 8 nitrogen and oxygen atoms in total. The summed E-state index contributed by atoms with van der Waals surface area (Å²) in [4.78, 5) is 12.4. The predicted octanol–water partition coefficient (Wildman–Crippen LogP) is 1.84. The van der Waals surface area contributed by atoms with Crippen LogP contribution in [-0.2, 0) is 21.5 Å². The van der Waals surface area contributed by atoms with E-state index in [1.807, 2.05) is 0 Å². The van der Waals surface area contributed by atoms with Crippen molar-refractivity contribution in [3.8, 4) is 11.5 Å². The molecule has 29 heavy (non-hydrogen) atoms. The van der Waals surface area contributed by atoms with Gasteiger partial charge in [-0.15, -0.1) is 0 Å². The molecule has 1 aliphatic heterocycles. The number of hydrogen-bond acceptors (Lipinski definition) is 5. The Bertz CT molecular complexity index is 999. The first-order valence-electron chi connectivity index (χ1n) is 8.85. The first kappa shape index (κ1) is 21.0. The van der Waals surface area contributed by atoms with Crippen molar-refractivity contribution in [1.82, 2.24) is 8.61 Å². The zero-order chi connectivity index (χ0) is 21.0. The number of carbonyl (C=O) groups is 1. The standard InChI is InChI=1S/C19H22FN3O5S/c1-27-15-7-8-17(18(11-15)28-2)21-19(24)13-23-10-9-22(29(23,25)26)12-14-5-3-4-6-16(14)20/h3-8,11H,9-10,12-13H2,1-2H3,(H,21,24). The quantitative estimate of drug-likeness (QED) is 0.734. The second-order valence-electron chi connectivity index (χ2n) is 6.38. The molecule has 1 saturated heterocycles. The van der Waals surface area contributed by atoms with Crippen molar-refractivity contribution in [3.63, 3.8) is 0 Å². The highest BCUT2D eigenvalue weighted by Crippen LogP contribution is 2.29. The highest BCUT2D eigenvalue weighted by atomic mass is 32.2. The van der Waals surface area contributed by atoms with Gasteiger partial charge in [0, 0.05) is 31.3 Å². The third kappa shape index (κ3) is 4.66. The van der Waals surface area contributed by atoms with Gasteiger partial charge in [-0.25, -0.2) is 4.39 Å². The van der Waals surface area contributed by atoms with Crippen LogP contribution in [0.2, 0.25) is 0 Å². The largest absolute Gasteiger partial charge is 0.497 e. The lowest BCUT2D eigenvalue weighted by Gasteiger charge is -2.19. The minimum atomic E-state index is -3.87. The van der Waals surface area contributed by atoms with Crippen molar-refractivity contribution in [2.45, 2.75) is 6.54 Å². The molecule has 0 radical (unpaired) electrons. The Labute approximate surface area is 169 Å². The third-order valence-corrected chi connectivity index (χ3v) is 6.49. The van der Waals surface area contributed by atoms with Gasteiger partial charge in [0.05, 0.1) is 26.5 Å². The molecule has 0 bridgehead atoms. The molecule has 0 aliphatic carbocycles. The molecular formula is C19H22FN3O5S. The van der Waals surface area contributed by atoms with E-state index in [-0.39, 0.29) is 31.7 Å². The maximum absolute atomic E-state index is 13.8. The second kappa shape index (κ2) is 8.76. The number of nitrogens with one attached hydrogen (secondary N) is 1. The number of anilines is 1. The monoisotopic (exact) mass is 423 g/mol. The lowest BCUT2D eigenvalue weighted by molar-refractivity contribution is -0.116. The van der Waals surface area contributed by atoms with E-state index in [1.165, 1.54) is 26.4 Å². The normalized spacial score (nSPS) is 16.5. The SMILES string of the molecule is COc1ccc(NC(=O)CN2CCN(Cc3ccccc3F)S2(=O)=O)c(OC)c1. The van der Waals surface area contributed by atoms with Gasteiger partial charge in [0.1, 0.15) is 17.3 Å². The van der Waals surface area contributed by atoms with Crippen LogP contribution in [0, 0.1) is 5.82 Å². The molecule has 0 atom stereocenters. The average Bonchev–Trinajstić information content (AvgIpc) is 2.97. The van der Waals surface area contributed by atoms with Gasteiger partial charge in [-0.2, -0.15) is 17.0 Å². The van der Waals surface area contributed by atoms with Gasteiger partial charge >= 0.3 is 0 Å². The Hall–Kier alpha value is -2.69. The van der Waals surface area contributed by atoms with Gasteiger partial charge in [-0.1, -0.05) is 18.2 Å². The number of nitrogens with zero attached hydrogens (tertiary/aromatic N) is 2. The molecule has 0 saturated carbocycles. The summed E-state index contributed by atoms with van der Waals surface area (Å²) in [6.07, 6.45) is 0. The van der Waals surface area contributed by atoms with E-state index < -0.39 is 21.9 Å². The number of carbonyl (C=O) groups excluding carboxylic acids is 1. The highest BCUT2D eigenvalue weighted by molar-refractivity contribution is 7.87. The van der Waals surface area contributed by atoms with Crippen LogP contribution in [-0.4, -0.2) is 56.8 Å². The number of hydrogen-bond donors (Lipinski definition) is 1. The van der Waals surface area contributed by atoms with Gasteiger partial charge in [0.15, 0.2) is 0 Å². The van der Waals surface area contributed by atoms with E-state index in [2.05, 4.69) is 5.32 Å². The Morgan fingerprint density at radius 3 is 2.52 bits per heavy atom. The fourth-order valence-electron chi connectivity index (χ4n) is 3.01. The molecule has 1 fully saturated rings. The van der Waals surface area contributed by atoms with Crippen LogP contribution in [0.3, 0.4) is 0 Å². The molecule has 1 N–H and O–H groups in total. The average molecular weight is 423 g/mol. The smallest absolute Gasteiger partial charge is 0.282 e. The van der Waals surface area contributed by atoms with Crippen LogP contribution >= 0.6 is 0 Å². The van der Waals surface area contributed by atoms with Crippen molar-refractivity contribution in [1.29, 1.82) is 0 Å². The molecule has 1 amide bonds. The van der Waals surface area contributed by atoms with E-state index in [0.29, 0.717) is 17.2 Å². The van der Waals surface area contributed by atoms with Crippen molar-refractivity contribution < 1.29 is 27.1 Å². The topological polar surface area (TPSA) is 88.2 Å². The van der Waals surface area contributed by atoms with E-state index in [0.717, 1.165) is 8.61 Å². The Kier molecular flexibility index (Phi) is 6.36. The van der Waals surface area contributed by atoms with Crippen LogP contribution in [0.5, 0.6) is 11.5 Å². The summed E-state index contributed by atoms with van der Waals surface area (Å²) in [6.45, 7) is -0.121. The number of benzene rings is 2. The van der Waals surface area contributed by atoms with Crippen molar-refractivity contribution in [3.05, 3.63) is 53.8 Å². The van der Waals surface area contributed by atoms with Crippen molar-refractivity contribution in [2.24, 2.45) is 0 Å². The number of ether oxygens (including phenoxy) is 2. The maximum Gasteiger partial charge on any atom is 0.282 e. The number of halogens is 1. The summed E-state index contributed by atoms with van der Waals surface area (Å²) in [7, 11) is -0.902. The lowest BCUT2D eigenvalue weighted by atomic mass is 10.2. The summed E-state index contributed by atoms with van der Waals surface area (Å²) < 4.78 is 51.8. The summed E-state index contributed by atoms with van der Waals surface area (Å²) in [5.74, 6) is -0.0239. The highest BCUT2D eigenvalue weighted by Gasteiger charge is 2.37. The predicted molar refractivity (Wildman–Crippen MR) is 105 cm³/mol. The summed E-state index contributed by atoms with van der Waals surface area (Å²) in [6, 6.07) is 10.9. The number of amides is 1. The number of rotatable bonds is 7. The minimum absolute atomic E-state index is 0.0839.